The normalized spacial score (nSPS) is 11.5. The number of nitrogens with one attached hydrogen (secondary N) is 1. The van der Waals surface area contributed by atoms with Crippen LogP contribution in [0.3, 0.4) is 0 Å². The molecule has 2 N–H and O–H groups in total. The number of carbonyl (C=O) groups excluding carboxylic acids is 1. The van der Waals surface area contributed by atoms with Crippen LogP contribution in [-0.4, -0.2) is 17.1 Å². The second kappa shape index (κ2) is 10.8. The van der Waals surface area contributed by atoms with E-state index in [9.17, 15) is 19.5 Å². The number of carboxylic acids is 1. The number of carbonyl (C=O) groups is 1. The van der Waals surface area contributed by atoms with Crippen LogP contribution in [0.1, 0.15) is 5.56 Å². The predicted molar refractivity (Wildman–Crippen MR) is 110 cm³/mol. The zero-order chi connectivity index (χ0) is 17.9. The van der Waals surface area contributed by atoms with Gasteiger partial charge in [-0.1, -0.05) is 0 Å². The van der Waals surface area contributed by atoms with E-state index in [-0.39, 0.29) is 41.7 Å². The number of hydrogen-bond acceptors (Lipinski definition) is 5. The van der Waals surface area contributed by atoms with Gasteiger partial charge in [0.2, 0.25) is 0 Å². The molecule has 0 aliphatic rings. The van der Waals surface area contributed by atoms with Gasteiger partial charge in [0.1, 0.15) is 11.5 Å². The third kappa shape index (κ3) is 6.60. The van der Waals surface area contributed by atoms with Crippen LogP contribution in [0.25, 0.3) is 0 Å². The Morgan fingerprint density at radius 1 is 1.20 bits per heavy atom. The molecule has 5 nitrogen and oxygen atoms in total. The first-order valence-electron chi connectivity index (χ1n) is 6.53. The molecule has 0 unspecified atom stereocenters. The van der Waals surface area contributed by atoms with E-state index >= 15 is 0 Å². The van der Waals surface area contributed by atoms with Gasteiger partial charge in [0.15, 0.2) is 5.75 Å². The summed E-state index contributed by atoms with van der Waals surface area (Å²) in [6.45, 7) is 0. The molecular weight excluding hydrogens is 681 g/mol. The summed E-state index contributed by atoms with van der Waals surface area (Å²) in [5.41, 5.74) is 1.88. The average Bonchev–Trinajstić information content (AvgIpc) is 2.51. The second-order valence-corrected chi connectivity index (χ2v) is 8.28. The topological polar surface area (TPSA) is 81.6 Å². The molecule has 0 fully saturated rings. The van der Waals surface area contributed by atoms with Crippen molar-refractivity contribution in [1.82, 2.24) is 5.54 Å². The summed E-state index contributed by atoms with van der Waals surface area (Å²) in [6, 6.07) is 6.96. The molecule has 128 valence electrons. The zero-order valence-corrected chi connectivity index (χ0v) is 21.3. The van der Waals surface area contributed by atoms with Gasteiger partial charge in [0, 0.05) is 0 Å². The Morgan fingerprint density at radius 2 is 1.80 bits per heavy atom. The summed E-state index contributed by atoms with van der Waals surface area (Å²) in [6.07, 6.45) is -0.0395. The van der Waals surface area contributed by atoms with Gasteiger partial charge in [-0.25, -0.2) is 0 Å². The Hall–Kier alpha value is 0.590. The maximum Gasteiger partial charge on any atom is 1.00 e. The van der Waals surface area contributed by atoms with Gasteiger partial charge in [-0.15, -0.1) is 4.48 Å². The van der Waals surface area contributed by atoms with E-state index < -0.39 is 12.0 Å². The van der Waals surface area contributed by atoms with Crippen molar-refractivity contribution in [3.63, 3.8) is 0 Å². The van der Waals surface area contributed by atoms with Crippen molar-refractivity contribution in [3.05, 3.63) is 46.6 Å². The van der Waals surface area contributed by atoms with E-state index in [1.807, 2.05) is 22.6 Å². The largest absolute Gasteiger partial charge is 1.00 e. The van der Waals surface area contributed by atoms with Crippen LogP contribution in [0.5, 0.6) is 17.2 Å². The molecule has 0 radical (unpaired) electrons. The van der Waals surface area contributed by atoms with Crippen molar-refractivity contribution in [2.45, 2.75) is 12.5 Å². The van der Waals surface area contributed by atoms with E-state index in [1.165, 1.54) is 5.54 Å². The number of benzene rings is 2. The summed E-state index contributed by atoms with van der Waals surface area (Å²) < 4.78 is 20.6. The maximum absolute atomic E-state index is 12.5. The Kier molecular flexibility index (Phi) is 10.2. The number of phenols is 1. The number of halogens is 4. The number of carboxylic acid groups (broad SMARTS) is 1. The molecular formula is C15H10FI3NNaO4. The molecule has 1 atom stereocenters. The molecule has 0 saturated heterocycles. The number of aliphatic carboxylic acids is 1. The van der Waals surface area contributed by atoms with Crippen LogP contribution in [-0.2, 0) is 11.2 Å². The molecule has 0 heterocycles. The molecule has 25 heavy (non-hydrogen) atoms. The molecule has 10 heteroatoms. The standard InChI is InChI=1S/C15H11FI3NO4.Na/c16-20-12(15(22)23)5-7-3-10(18)14(11(19)4-7)24-8-1-2-13(21)9(17)6-8;/h1-4,6,12,20-21H,5H2,(H,22,23);/q;+1/p-1/t12-;/m0./s1. The molecule has 0 aliphatic carbocycles. The molecule has 0 aliphatic heterocycles. The number of phenolic OH excluding ortho intramolecular Hbond substituents is 1. The Balaban J connectivity index is 0.00000312. The van der Waals surface area contributed by atoms with Crippen molar-refractivity contribution >= 4 is 73.7 Å². The fourth-order valence-corrected chi connectivity index (χ4v) is 4.50. The van der Waals surface area contributed by atoms with Gasteiger partial charge in [0.25, 0.3) is 0 Å². The molecule has 0 spiro atoms. The molecule has 0 bridgehead atoms. The molecule has 0 aromatic heterocycles. The number of rotatable bonds is 6. The second-order valence-electron chi connectivity index (χ2n) is 4.79. The fraction of sp³-hybridized carbons (Fsp3) is 0.133. The average molecular weight is 691 g/mol. The van der Waals surface area contributed by atoms with Gasteiger partial charge in [-0.05, 0) is 110 Å². The van der Waals surface area contributed by atoms with Crippen LogP contribution < -0.4 is 44.9 Å². The SMILES string of the molecule is O=C([O-])[C@H](Cc1cc(I)c(Oc2ccc(O)c(I)c2)c(I)c1)NF.[Na+]. The Morgan fingerprint density at radius 3 is 2.28 bits per heavy atom. The number of ether oxygens (including phenoxy) is 1. The number of aromatic hydroxyl groups is 1. The van der Waals surface area contributed by atoms with E-state index in [0.717, 1.165) is 7.14 Å². The predicted octanol–water partition coefficient (Wildman–Crippen LogP) is 0.137. The minimum Gasteiger partial charge on any atom is -0.548 e. The molecule has 0 saturated carbocycles. The minimum atomic E-state index is -1.50. The first kappa shape index (κ1) is 23.6. The number of hydrogen-bond donors (Lipinski definition) is 2. The summed E-state index contributed by atoms with van der Waals surface area (Å²) in [5, 5.41) is 20.4. The Labute approximate surface area is 206 Å². The van der Waals surface area contributed by atoms with Gasteiger partial charge in [0.05, 0.1) is 22.7 Å². The summed E-state index contributed by atoms with van der Waals surface area (Å²) >= 11 is 6.14. The summed E-state index contributed by atoms with van der Waals surface area (Å²) in [5.74, 6) is -0.144. The monoisotopic (exact) mass is 691 g/mol. The van der Waals surface area contributed by atoms with E-state index in [4.69, 9.17) is 4.74 Å². The van der Waals surface area contributed by atoms with Crippen molar-refractivity contribution in [3.8, 4) is 17.2 Å². The Bertz CT molecular complexity index is 755. The van der Waals surface area contributed by atoms with E-state index in [1.54, 1.807) is 30.3 Å². The third-order valence-corrected chi connectivity index (χ3v) is 5.52. The quantitative estimate of drug-likeness (QED) is 0.256. The van der Waals surface area contributed by atoms with Crippen LogP contribution in [0.2, 0.25) is 0 Å². The smallest absolute Gasteiger partial charge is 0.548 e. The zero-order valence-electron chi connectivity index (χ0n) is 12.9. The molecule has 2 rings (SSSR count). The molecule has 0 amide bonds. The van der Waals surface area contributed by atoms with Crippen molar-refractivity contribution in [2.24, 2.45) is 0 Å². The van der Waals surface area contributed by atoms with Crippen LogP contribution >= 0.6 is 67.8 Å². The minimum absolute atomic E-state index is 0. The fourth-order valence-electron chi connectivity index (χ4n) is 1.90. The third-order valence-electron chi connectivity index (χ3n) is 3.05. The van der Waals surface area contributed by atoms with E-state index in [2.05, 4.69) is 45.2 Å². The first-order chi connectivity index (χ1) is 11.3. The first-order valence-corrected chi connectivity index (χ1v) is 9.76. The van der Waals surface area contributed by atoms with Crippen molar-refractivity contribution in [1.29, 1.82) is 0 Å². The van der Waals surface area contributed by atoms with Gasteiger partial charge < -0.3 is 19.7 Å². The van der Waals surface area contributed by atoms with Crippen molar-refractivity contribution < 1.29 is 53.8 Å². The maximum atomic E-state index is 12.5. The van der Waals surface area contributed by atoms with Crippen LogP contribution in [0.15, 0.2) is 30.3 Å². The van der Waals surface area contributed by atoms with Crippen molar-refractivity contribution in [2.75, 3.05) is 0 Å². The summed E-state index contributed by atoms with van der Waals surface area (Å²) in [4.78, 5) is 10.8. The molecule has 2 aromatic carbocycles. The van der Waals surface area contributed by atoms with E-state index in [0.29, 0.717) is 20.6 Å². The summed E-state index contributed by atoms with van der Waals surface area (Å²) in [7, 11) is 0. The molecule has 2 aromatic rings. The van der Waals surface area contributed by atoms with Gasteiger partial charge >= 0.3 is 29.6 Å². The van der Waals surface area contributed by atoms with Gasteiger partial charge in [-0.2, -0.15) is 5.54 Å². The van der Waals surface area contributed by atoms with Crippen LogP contribution in [0, 0.1) is 10.7 Å². The van der Waals surface area contributed by atoms with Gasteiger partial charge in [-0.3, -0.25) is 0 Å². The van der Waals surface area contributed by atoms with Crippen LogP contribution in [0.4, 0.5) is 4.48 Å².